The lowest BCUT2D eigenvalue weighted by Crippen LogP contribution is -2.22. The Labute approximate surface area is 160 Å². The molecule has 2 aromatic carbocycles. The van der Waals surface area contributed by atoms with Gasteiger partial charge in [-0.15, -0.1) is 0 Å². The number of amides is 2. The molecule has 0 spiro atoms. The first kappa shape index (κ1) is 20.3. The third-order valence-electron chi connectivity index (χ3n) is 3.81. The van der Waals surface area contributed by atoms with E-state index >= 15 is 0 Å². The van der Waals surface area contributed by atoms with Crippen LogP contribution in [0.5, 0.6) is 5.75 Å². The zero-order valence-electron chi connectivity index (χ0n) is 16.3. The van der Waals surface area contributed by atoms with E-state index in [2.05, 4.69) is 16.0 Å². The molecule has 6 nitrogen and oxygen atoms in total. The summed E-state index contributed by atoms with van der Waals surface area (Å²) in [5.41, 5.74) is 3.03. The first-order valence-corrected chi connectivity index (χ1v) is 9.09. The normalized spacial score (nSPS) is 10.4. The molecule has 0 bridgehead atoms. The minimum absolute atomic E-state index is 0.0473. The number of anilines is 3. The average molecular weight is 369 g/mol. The first-order valence-electron chi connectivity index (χ1n) is 9.09. The van der Waals surface area contributed by atoms with Crippen molar-refractivity contribution in [2.75, 3.05) is 22.5 Å². The van der Waals surface area contributed by atoms with Gasteiger partial charge in [0.25, 0.3) is 0 Å². The molecule has 144 valence electrons. The molecular weight excluding hydrogens is 342 g/mol. The van der Waals surface area contributed by atoms with Crippen molar-refractivity contribution in [3.8, 4) is 5.75 Å². The smallest absolute Gasteiger partial charge is 0.243 e. The lowest BCUT2D eigenvalue weighted by atomic mass is 10.1. The Morgan fingerprint density at radius 1 is 1.00 bits per heavy atom. The van der Waals surface area contributed by atoms with Crippen LogP contribution in [0, 0.1) is 6.92 Å². The highest BCUT2D eigenvalue weighted by Gasteiger charge is 2.09. The number of carbonyl (C=O) groups excluding carboxylic acids is 2. The summed E-state index contributed by atoms with van der Waals surface area (Å²) in [6.45, 7) is 7.71. The molecule has 6 heteroatoms. The van der Waals surface area contributed by atoms with Crippen LogP contribution in [0.15, 0.2) is 42.5 Å². The van der Waals surface area contributed by atoms with Crippen LogP contribution in [0.1, 0.15) is 32.8 Å². The van der Waals surface area contributed by atoms with Crippen molar-refractivity contribution in [2.24, 2.45) is 0 Å². The molecular formula is C21H27N3O3. The Bertz CT molecular complexity index is 803. The van der Waals surface area contributed by atoms with E-state index in [9.17, 15) is 9.59 Å². The molecule has 0 heterocycles. The first-order chi connectivity index (χ1) is 12.9. The third kappa shape index (κ3) is 6.33. The average Bonchev–Trinajstić information content (AvgIpc) is 2.63. The molecule has 3 N–H and O–H groups in total. The lowest BCUT2D eigenvalue weighted by Gasteiger charge is -2.15. The SMILES string of the molecule is CCC(=O)Nc1cc(NC(=O)CNc2ccccc2OC(C)C)ccc1C. The van der Waals surface area contributed by atoms with Crippen molar-refractivity contribution in [1.82, 2.24) is 0 Å². The van der Waals surface area contributed by atoms with Gasteiger partial charge in [0.05, 0.1) is 18.3 Å². The van der Waals surface area contributed by atoms with E-state index in [1.807, 2.05) is 57.2 Å². The molecule has 0 aliphatic carbocycles. The van der Waals surface area contributed by atoms with E-state index in [-0.39, 0.29) is 24.5 Å². The number of ether oxygens (including phenoxy) is 1. The van der Waals surface area contributed by atoms with Crippen LogP contribution >= 0.6 is 0 Å². The van der Waals surface area contributed by atoms with Crippen LogP contribution in [-0.4, -0.2) is 24.5 Å². The molecule has 27 heavy (non-hydrogen) atoms. The summed E-state index contributed by atoms with van der Waals surface area (Å²) in [6, 6.07) is 12.9. The van der Waals surface area contributed by atoms with Crippen LogP contribution in [-0.2, 0) is 9.59 Å². The molecule has 0 aliphatic heterocycles. The predicted octanol–water partition coefficient (Wildman–Crippen LogP) is 4.18. The van der Waals surface area contributed by atoms with Gasteiger partial charge in [0.2, 0.25) is 11.8 Å². The van der Waals surface area contributed by atoms with Gasteiger partial charge in [0.15, 0.2) is 0 Å². The molecule has 0 saturated heterocycles. The summed E-state index contributed by atoms with van der Waals surface area (Å²) in [7, 11) is 0. The summed E-state index contributed by atoms with van der Waals surface area (Å²) in [6.07, 6.45) is 0.448. The van der Waals surface area contributed by atoms with Gasteiger partial charge in [0.1, 0.15) is 5.75 Å². The quantitative estimate of drug-likeness (QED) is 0.652. The van der Waals surface area contributed by atoms with Crippen molar-refractivity contribution in [3.63, 3.8) is 0 Å². The molecule has 0 fully saturated rings. The van der Waals surface area contributed by atoms with Gasteiger partial charge in [-0.1, -0.05) is 25.1 Å². The number of carbonyl (C=O) groups is 2. The maximum Gasteiger partial charge on any atom is 0.243 e. The molecule has 0 unspecified atom stereocenters. The minimum atomic E-state index is -0.189. The maximum absolute atomic E-state index is 12.3. The number of hydrogen-bond acceptors (Lipinski definition) is 4. The standard InChI is InChI=1S/C21H27N3O3/c1-5-20(25)24-18-12-16(11-10-15(18)4)23-21(26)13-22-17-8-6-7-9-19(17)27-14(2)3/h6-12,14,22H,5,13H2,1-4H3,(H,23,26)(H,24,25). The van der Waals surface area contributed by atoms with Gasteiger partial charge in [0, 0.05) is 17.8 Å². The van der Waals surface area contributed by atoms with Crippen LogP contribution in [0.3, 0.4) is 0 Å². The van der Waals surface area contributed by atoms with E-state index in [4.69, 9.17) is 4.74 Å². The van der Waals surface area contributed by atoms with E-state index in [1.54, 1.807) is 13.0 Å². The highest BCUT2D eigenvalue weighted by molar-refractivity contribution is 5.96. The number of benzene rings is 2. The minimum Gasteiger partial charge on any atom is -0.489 e. The predicted molar refractivity (Wildman–Crippen MR) is 109 cm³/mol. The number of para-hydroxylation sites is 2. The van der Waals surface area contributed by atoms with Crippen molar-refractivity contribution >= 4 is 28.9 Å². The molecule has 0 aromatic heterocycles. The second-order valence-electron chi connectivity index (χ2n) is 6.50. The largest absolute Gasteiger partial charge is 0.489 e. The molecule has 0 saturated carbocycles. The summed E-state index contributed by atoms with van der Waals surface area (Å²) < 4.78 is 5.74. The van der Waals surface area contributed by atoms with Crippen LogP contribution in [0.2, 0.25) is 0 Å². The molecule has 0 atom stereocenters. The fraction of sp³-hybridized carbons (Fsp3) is 0.333. The monoisotopic (exact) mass is 369 g/mol. The van der Waals surface area contributed by atoms with Crippen molar-refractivity contribution in [2.45, 2.75) is 40.2 Å². The molecule has 2 amide bonds. The van der Waals surface area contributed by atoms with Crippen molar-refractivity contribution in [3.05, 3.63) is 48.0 Å². The molecule has 0 radical (unpaired) electrons. The summed E-state index contributed by atoms with van der Waals surface area (Å²) in [4.78, 5) is 23.9. The maximum atomic E-state index is 12.3. The number of rotatable bonds is 8. The molecule has 0 aliphatic rings. The lowest BCUT2D eigenvalue weighted by molar-refractivity contribution is -0.116. The number of nitrogens with one attached hydrogen (secondary N) is 3. The number of aryl methyl sites for hydroxylation is 1. The second-order valence-corrected chi connectivity index (χ2v) is 6.50. The summed E-state index contributed by atoms with van der Waals surface area (Å²) in [5.74, 6) is 0.455. The topological polar surface area (TPSA) is 79.5 Å². The van der Waals surface area contributed by atoms with Gasteiger partial charge < -0.3 is 20.7 Å². The highest BCUT2D eigenvalue weighted by Crippen LogP contribution is 2.25. The zero-order valence-corrected chi connectivity index (χ0v) is 16.3. The Balaban J connectivity index is 1.98. The fourth-order valence-corrected chi connectivity index (χ4v) is 2.42. The molecule has 2 rings (SSSR count). The van der Waals surface area contributed by atoms with Crippen molar-refractivity contribution in [1.29, 1.82) is 0 Å². The van der Waals surface area contributed by atoms with Crippen LogP contribution in [0.25, 0.3) is 0 Å². The summed E-state index contributed by atoms with van der Waals surface area (Å²) >= 11 is 0. The Morgan fingerprint density at radius 2 is 1.74 bits per heavy atom. The van der Waals surface area contributed by atoms with Crippen molar-refractivity contribution < 1.29 is 14.3 Å². The number of hydrogen-bond donors (Lipinski definition) is 3. The van der Waals surface area contributed by atoms with E-state index < -0.39 is 0 Å². The second kappa shape index (κ2) is 9.62. The Kier molecular flexibility index (Phi) is 7.23. The summed E-state index contributed by atoms with van der Waals surface area (Å²) in [5, 5.41) is 8.77. The van der Waals surface area contributed by atoms with Gasteiger partial charge >= 0.3 is 0 Å². The third-order valence-corrected chi connectivity index (χ3v) is 3.81. The van der Waals surface area contributed by atoms with Gasteiger partial charge in [-0.05, 0) is 50.6 Å². The highest BCUT2D eigenvalue weighted by atomic mass is 16.5. The Hall–Kier alpha value is -3.02. The van der Waals surface area contributed by atoms with Gasteiger partial charge in [-0.3, -0.25) is 9.59 Å². The van der Waals surface area contributed by atoms with E-state index in [1.165, 1.54) is 0 Å². The van der Waals surface area contributed by atoms with Crippen LogP contribution in [0.4, 0.5) is 17.1 Å². The van der Waals surface area contributed by atoms with Gasteiger partial charge in [-0.25, -0.2) is 0 Å². The van der Waals surface area contributed by atoms with Crippen LogP contribution < -0.4 is 20.7 Å². The van der Waals surface area contributed by atoms with E-state index in [0.29, 0.717) is 23.5 Å². The molecule has 2 aromatic rings. The fourth-order valence-electron chi connectivity index (χ4n) is 2.42. The Morgan fingerprint density at radius 3 is 2.44 bits per heavy atom. The van der Waals surface area contributed by atoms with E-state index in [0.717, 1.165) is 11.3 Å². The van der Waals surface area contributed by atoms with Gasteiger partial charge in [-0.2, -0.15) is 0 Å². The zero-order chi connectivity index (χ0) is 19.8.